The molecule has 1 unspecified atom stereocenters. The van der Waals surface area contributed by atoms with Crippen LogP contribution in [0, 0.1) is 0 Å². The second-order valence-electron chi connectivity index (χ2n) is 2.86. The maximum Gasteiger partial charge on any atom is 0.256 e. The van der Waals surface area contributed by atoms with Gasteiger partial charge in [-0.25, -0.2) is 8.78 Å². The minimum Gasteiger partial charge on any atom is -0.339 e. The molecule has 0 saturated heterocycles. The molecule has 0 aliphatic heterocycles. The molecule has 1 heterocycles. The summed E-state index contributed by atoms with van der Waals surface area (Å²) in [6, 6.07) is 0. The van der Waals surface area contributed by atoms with Crippen LogP contribution in [0.25, 0.3) is 0 Å². The average Bonchev–Trinajstić information content (AvgIpc) is 2.48. The van der Waals surface area contributed by atoms with Gasteiger partial charge in [0.2, 0.25) is 5.89 Å². The summed E-state index contributed by atoms with van der Waals surface area (Å²) in [5.74, 6) is -3.53. The predicted molar refractivity (Wildman–Crippen MR) is 46.0 cm³/mol. The number of hydrogen-bond donors (Lipinski definition) is 0. The van der Waals surface area contributed by atoms with E-state index in [-0.39, 0.29) is 5.89 Å². The molecular formula is C7H9BrF2N2O. The highest BCUT2D eigenvalue weighted by molar-refractivity contribution is 9.08. The molecular weight excluding hydrogens is 246 g/mol. The fourth-order valence-corrected chi connectivity index (χ4v) is 0.942. The van der Waals surface area contributed by atoms with E-state index >= 15 is 0 Å². The number of halogens is 3. The Hall–Kier alpha value is -0.520. The first-order valence-corrected chi connectivity index (χ1v) is 4.83. The Morgan fingerprint density at radius 2 is 2.23 bits per heavy atom. The second kappa shape index (κ2) is 3.69. The van der Waals surface area contributed by atoms with Crippen LogP contribution in [0.15, 0.2) is 4.52 Å². The van der Waals surface area contributed by atoms with E-state index in [4.69, 9.17) is 0 Å². The smallest absolute Gasteiger partial charge is 0.256 e. The van der Waals surface area contributed by atoms with Crippen LogP contribution in [0.2, 0.25) is 0 Å². The van der Waals surface area contributed by atoms with E-state index in [1.165, 1.54) is 6.92 Å². The van der Waals surface area contributed by atoms with Crippen LogP contribution in [-0.2, 0) is 5.33 Å². The summed E-state index contributed by atoms with van der Waals surface area (Å²) in [6.07, 6.45) is 0. The summed E-state index contributed by atoms with van der Waals surface area (Å²) in [5.41, 5.74) is 0. The van der Waals surface area contributed by atoms with E-state index in [1.54, 1.807) is 0 Å². The van der Waals surface area contributed by atoms with E-state index in [2.05, 4.69) is 30.6 Å². The zero-order valence-corrected chi connectivity index (χ0v) is 8.81. The van der Waals surface area contributed by atoms with Crippen LogP contribution in [-0.4, -0.2) is 16.1 Å². The Morgan fingerprint density at radius 1 is 1.62 bits per heavy atom. The van der Waals surface area contributed by atoms with Crippen molar-refractivity contribution < 1.29 is 13.3 Å². The van der Waals surface area contributed by atoms with Gasteiger partial charge in [0.25, 0.3) is 5.92 Å². The van der Waals surface area contributed by atoms with Gasteiger partial charge in [-0.05, 0) is 6.92 Å². The molecule has 0 saturated carbocycles. The van der Waals surface area contributed by atoms with Gasteiger partial charge in [0.05, 0.1) is 11.2 Å². The number of aromatic nitrogens is 2. The highest BCUT2D eigenvalue weighted by atomic mass is 79.9. The zero-order valence-electron chi connectivity index (χ0n) is 7.22. The summed E-state index contributed by atoms with van der Waals surface area (Å²) in [5, 5.41) is 3.90. The summed E-state index contributed by atoms with van der Waals surface area (Å²) >= 11 is 3.10. The van der Waals surface area contributed by atoms with Crippen molar-refractivity contribution in [3.05, 3.63) is 11.7 Å². The third-order valence-electron chi connectivity index (χ3n) is 1.73. The monoisotopic (exact) mass is 254 g/mol. The third kappa shape index (κ3) is 2.46. The second-order valence-corrected chi connectivity index (χ2v) is 3.42. The fraction of sp³-hybridized carbons (Fsp3) is 0.714. The van der Waals surface area contributed by atoms with Gasteiger partial charge in [-0.3, -0.25) is 0 Å². The minimum atomic E-state index is -2.84. The molecule has 1 aromatic heterocycles. The van der Waals surface area contributed by atoms with Gasteiger partial charge < -0.3 is 4.52 Å². The van der Waals surface area contributed by atoms with Gasteiger partial charge in [-0.1, -0.05) is 21.1 Å². The molecule has 6 heteroatoms. The minimum absolute atomic E-state index is 0.0260. The Balaban J connectivity index is 2.83. The summed E-state index contributed by atoms with van der Waals surface area (Å²) in [4.78, 5) is 3.79. The maximum absolute atomic E-state index is 12.8. The lowest BCUT2D eigenvalue weighted by Crippen LogP contribution is -2.19. The van der Waals surface area contributed by atoms with Gasteiger partial charge in [0.1, 0.15) is 0 Å². The number of alkyl halides is 3. The first-order chi connectivity index (χ1) is 5.95. The Labute approximate surface area is 82.6 Å². The van der Waals surface area contributed by atoms with Gasteiger partial charge in [-0.2, -0.15) is 4.98 Å². The highest BCUT2D eigenvalue weighted by Crippen LogP contribution is 2.31. The van der Waals surface area contributed by atoms with Gasteiger partial charge in [0, 0.05) is 6.92 Å². The van der Waals surface area contributed by atoms with Gasteiger partial charge in [-0.15, -0.1) is 0 Å². The molecule has 74 valence electrons. The van der Waals surface area contributed by atoms with E-state index in [0.29, 0.717) is 11.2 Å². The lowest BCUT2D eigenvalue weighted by Gasteiger charge is -2.14. The van der Waals surface area contributed by atoms with Crippen molar-refractivity contribution in [1.82, 2.24) is 10.1 Å². The zero-order chi connectivity index (χ0) is 10.1. The molecule has 3 nitrogen and oxygen atoms in total. The van der Waals surface area contributed by atoms with Gasteiger partial charge >= 0.3 is 0 Å². The lowest BCUT2D eigenvalue weighted by atomic mass is 10.1. The first-order valence-electron chi connectivity index (χ1n) is 3.71. The fourth-order valence-electron chi connectivity index (χ4n) is 0.714. The SMILES string of the molecule is CC(c1nc(CBr)no1)C(C)(F)F. The van der Waals surface area contributed by atoms with Crippen LogP contribution in [0.1, 0.15) is 31.5 Å². The average molecular weight is 255 g/mol. The molecule has 0 radical (unpaired) electrons. The molecule has 1 aromatic rings. The molecule has 0 aliphatic rings. The molecule has 0 fully saturated rings. The Kier molecular flexibility index (Phi) is 3.00. The van der Waals surface area contributed by atoms with E-state index in [0.717, 1.165) is 6.92 Å². The lowest BCUT2D eigenvalue weighted by molar-refractivity contribution is -0.0114. The number of rotatable bonds is 3. The molecule has 0 amide bonds. The van der Waals surface area contributed by atoms with E-state index in [9.17, 15) is 8.78 Å². The van der Waals surface area contributed by atoms with Crippen molar-refractivity contribution >= 4 is 15.9 Å². The van der Waals surface area contributed by atoms with Crippen molar-refractivity contribution in [2.75, 3.05) is 0 Å². The van der Waals surface area contributed by atoms with Crippen LogP contribution < -0.4 is 0 Å². The maximum atomic E-state index is 12.8. The van der Waals surface area contributed by atoms with Crippen LogP contribution >= 0.6 is 15.9 Å². The normalized spacial score (nSPS) is 14.5. The molecule has 1 rings (SSSR count). The largest absolute Gasteiger partial charge is 0.339 e. The molecule has 13 heavy (non-hydrogen) atoms. The molecule has 0 spiro atoms. The number of nitrogens with zero attached hydrogens (tertiary/aromatic N) is 2. The molecule has 1 atom stereocenters. The van der Waals surface area contributed by atoms with E-state index < -0.39 is 11.8 Å². The predicted octanol–water partition coefficient (Wildman–Crippen LogP) is 2.72. The van der Waals surface area contributed by atoms with Crippen molar-refractivity contribution in [1.29, 1.82) is 0 Å². The van der Waals surface area contributed by atoms with Crippen molar-refractivity contribution in [3.8, 4) is 0 Å². The number of hydrogen-bond acceptors (Lipinski definition) is 3. The van der Waals surface area contributed by atoms with Crippen LogP contribution in [0.5, 0.6) is 0 Å². The Bertz CT molecular complexity index is 284. The highest BCUT2D eigenvalue weighted by Gasteiger charge is 2.35. The third-order valence-corrected chi connectivity index (χ3v) is 2.24. The summed E-state index contributed by atoms with van der Waals surface area (Å²) in [7, 11) is 0. The van der Waals surface area contributed by atoms with Crippen molar-refractivity contribution in [2.24, 2.45) is 0 Å². The quantitative estimate of drug-likeness (QED) is 0.779. The summed E-state index contributed by atoms with van der Waals surface area (Å²) in [6.45, 7) is 2.18. The molecule has 0 N–H and O–H groups in total. The van der Waals surface area contributed by atoms with Gasteiger partial charge in [0.15, 0.2) is 5.82 Å². The molecule has 0 bridgehead atoms. The van der Waals surface area contributed by atoms with Crippen LogP contribution in [0.4, 0.5) is 8.78 Å². The van der Waals surface area contributed by atoms with Crippen LogP contribution in [0.3, 0.4) is 0 Å². The standard InChI is InChI=1S/C7H9BrF2N2O/c1-4(7(2,9)10)6-11-5(3-8)12-13-6/h4H,3H2,1-2H3. The first kappa shape index (κ1) is 10.6. The molecule has 0 aliphatic carbocycles. The Morgan fingerprint density at radius 3 is 2.62 bits per heavy atom. The van der Waals surface area contributed by atoms with Crippen molar-refractivity contribution in [2.45, 2.75) is 31.0 Å². The van der Waals surface area contributed by atoms with Crippen molar-refractivity contribution in [3.63, 3.8) is 0 Å². The topological polar surface area (TPSA) is 38.9 Å². The van der Waals surface area contributed by atoms with E-state index in [1.807, 2.05) is 0 Å². The summed E-state index contributed by atoms with van der Waals surface area (Å²) < 4.78 is 30.2. The molecule has 0 aromatic carbocycles.